The molecule has 1 aliphatic carbocycles. The number of hydrogen-bond acceptors (Lipinski definition) is 5. The van der Waals surface area contributed by atoms with E-state index in [1.165, 1.54) is 35.4 Å². The number of fused-ring (bicyclic) bond motifs is 3. The minimum Gasteiger partial charge on any atom is -0.486 e. The Kier molecular flexibility index (Phi) is 17.6. The van der Waals surface area contributed by atoms with Crippen molar-refractivity contribution in [3.63, 3.8) is 0 Å². The van der Waals surface area contributed by atoms with Crippen LogP contribution in [0.4, 0.5) is 17.1 Å². The van der Waals surface area contributed by atoms with Crippen LogP contribution in [0.3, 0.4) is 0 Å². The molecule has 0 spiro atoms. The Hall–Kier alpha value is -13.2. The summed E-state index contributed by atoms with van der Waals surface area (Å²) in [5, 5.41) is 38.1. The van der Waals surface area contributed by atoms with E-state index in [9.17, 15) is 39.6 Å². The molecule has 0 amide bonds. The highest BCUT2D eigenvalue weighted by molar-refractivity contribution is 6.07. The third-order valence-electron chi connectivity index (χ3n) is 14.6. The molecule has 9 aromatic rings. The van der Waals surface area contributed by atoms with E-state index in [1.54, 1.807) is 48.5 Å². The maximum Gasteiger partial charge on any atom is 0.333 e. The van der Waals surface area contributed by atoms with Gasteiger partial charge in [0.15, 0.2) is 0 Å². The SMILES string of the molecule is [C-]#[N+]/C(=C\c1ccc(C(=Cc2ccc(N(c3ccc(C=C(c4ccc(/C=C(\[N+]#[C-])C(=O)O)cc4)c4ccc(/C=C(\[N+]#[C-])C(=O)O)cc4)cc3)c3ccc(C=C4c5ccccc5-c5ccccc54)cc3)cc2)c2ccc(/C=C(\[N+]#[C-])C(=O)O)cc2)cc1)C(=O)O. The summed E-state index contributed by atoms with van der Waals surface area (Å²) in [6.45, 7) is 29.3. The van der Waals surface area contributed by atoms with Crippen LogP contribution in [0.25, 0.3) is 89.8 Å². The lowest BCUT2D eigenvalue weighted by Crippen LogP contribution is -2.09. The second kappa shape index (κ2) is 26.6. The quantitative estimate of drug-likeness (QED) is 0.0371. The molecule has 0 bridgehead atoms. The molecule has 4 N–H and O–H groups in total. The van der Waals surface area contributed by atoms with Gasteiger partial charge in [-0.1, -0.05) is 182 Å². The zero-order valence-corrected chi connectivity index (χ0v) is 47.0. The fourth-order valence-electron chi connectivity index (χ4n) is 10.2. The van der Waals surface area contributed by atoms with Crippen LogP contribution in [0.5, 0.6) is 0 Å². The van der Waals surface area contributed by atoms with E-state index in [-0.39, 0.29) is 0 Å². The summed E-state index contributed by atoms with van der Waals surface area (Å²) in [4.78, 5) is 61.4. The minimum atomic E-state index is -1.34. The Morgan fingerprint density at radius 3 is 0.764 bits per heavy atom. The van der Waals surface area contributed by atoms with Crippen LogP contribution in [-0.2, 0) is 19.2 Å². The maximum absolute atomic E-state index is 11.7. The number of carbonyl (C=O) groups is 4. The molecular weight excluding hydrogens is 1110 g/mol. The molecular formula is C76H47N5O8. The molecule has 0 atom stereocenters. The normalized spacial score (nSPS) is 11.7. The summed E-state index contributed by atoms with van der Waals surface area (Å²) in [5.41, 5.74) is 15.9. The largest absolute Gasteiger partial charge is 0.486 e. The van der Waals surface area contributed by atoms with Gasteiger partial charge in [0.05, 0.1) is 26.3 Å². The topological polar surface area (TPSA) is 170 Å². The van der Waals surface area contributed by atoms with E-state index in [4.69, 9.17) is 26.3 Å². The summed E-state index contributed by atoms with van der Waals surface area (Å²) in [6.07, 6.45) is 11.4. The summed E-state index contributed by atoms with van der Waals surface area (Å²) in [6, 6.07) is 69.6. The highest BCUT2D eigenvalue weighted by Gasteiger charge is 2.23. The van der Waals surface area contributed by atoms with Crippen molar-refractivity contribution >= 4 is 100 Å². The Morgan fingerprint density at radius 2 is 0.517 bits per heavy atom. The Labute approximate surface area is 512 Å². The van der Waals surface area contributed by atoms with E-state index in [0.717, 1.165) is 83.9 Å². The third kappa shape index (κ3) is 13.6. The van der Waals surface area contributed by atoms with Crippen molar-refractivity contribution in [3.05, 3.63) is 359 Å². The van der Waals surface area contributed by atoms with Crippen molar-refractivity contribution < 1.29 is 39.6 Å². The molecule has 1 aliphatic rings. The number of benzene rings is 9. The van der Waals surface area contributed by atoms with Gasteiger partial charge in [0.2, 0.25) is 0 Å². The fraction of sp³-hybridized carbons (Fsp3) is 0. The van der Waals surface area contributed by atoms with Gasteiger partial charge < -0.3 is 25.3 Å². The molecule has 0 radical (unpaired) electrons. The second-order valence-electron chi connectivity index (χ2n) is 20.1. The standard InChI is InChI=1S/C76H47N5O8/c1-77-69(73(82)83)44-51-13-27-55(28-14-51)66(56-29-15-52(16-30-56)45-70(78-2)74(84)85)41-48-21-35-59(36-22-48)81(61-39-25-50(26-40-61)43-68-64-11-7-5-9-62(64)63-10-6-8-12-65(63)68)60-37-23-49(24-38-60)42-67(57-31-17-53(18-32-57)46-71(79-3)75(86)87)58-33-19-54(20-34-58)47-72(80-4)76(88)89/h5-47H,(H,82,83)(H,84,85)(H,86,87)(H,88,89)/b69-44-,70-45-,71-46-,72-47-. The predicted octanol–water partition coefficient (Wildman–Crippen LogP) is 17.3. The van der Waals surface area contributed by atoms with Gasteiger partial charge in [-0.15, -0.1) is 0 Å². The minimum absolute atomic E-state index is 0.429. The second-order valence-corrected chi connectivity index (χ2v) is 20.1. The average Bonchev–Trinajstić information content (AvgIpc) is 3.57. The van der Waals surface area contributed by atoms with Crippen molar-refractivity contribution in [3.8, 4) is 11.1 Å². The average molecular weight is 1160 g/mol. The number of anilines is 3. The molecule has 13 nitrogen and oxygen atoms in total. The molecule has 0 fully saturated rings. The molecule has 9 aromatic carbocycles. The van der Waals surface area contributed by atoms with E-state index in [0.29, 0.717) is 22.3 Å². The number of carboxylic acids is 4. The number of rotatable bonds is 18. The summed E-state index contributed by atoms with van der Waals surface area (Å²) in [7, 11) is 0. The number of nitrogens with zero attached hydrogens (tertiary/aromatic N) is 5. The first-order valence-corrected chi connectivity index (χ1v) is 27.4. The zero-order chi connectivity index (χ0) is 62.6. The van der Waals surface area contributed by atoms with Crippen molar-refractivity contribution in [2.45, 2.75) is 0 Å². The fourth-order valence-corrected chi connectivity index (χ4v) is 10.2. The van der Waals surface area contributed by atoms with Crippen LogP contribution >= 0.6 is 0 Å². The summed E-state index contributed by atoms with van der Waals surface area (Å²) >= 11 is 0. The molecule has 0 aliphatic heterocycles. The van der Waals surface area contributed by atoms with E-state index >= 15 is 0 Å². The van der Waals surface area contributed by atoms with Gasteiger partial charge in [-0.05, 0) is 179 Å². The van der Waals surface area contributed by atoms with Gasteiger partial charge in [0.1, 0.15) is 0 Å². The van der Waals surface area contributed by atoms with Crippen LogP contribution in [0, 0.1) is 26.3 Å². The van der Waals surface area contributed by atoms with E-state index < -0.39 is 46.7 Å². The molecule has 10 rings (SSSR count). The molecule has 0 unspecified atom stereocenters. The molecule has 424 valence electrons. The van der Waals surface area contributed by atoms with E-state index in [1.807, 2.05) is 109 Å². The molecule has 0 aromatic heterocycles. The van der Waals surface area contributed by atoms with Crippen molar-refractivity contribution in [2.24, 2.45) is 0 Å². The highest BCUT2D eigenvalue weighted by atomic mass is 16.4. The van der Waals surface area contributed by atoms with Gasteiger partial charge in [0, 0.05) is 17.1 Å². The van der Waals surface area contributed by atoms with Gasteiger partial charge in [-0.3, -0.25) is 19.2 Å². The molecule has 89 heavy (non-hydrogen) atoms. The summed E-state index contributed by atoms with van der Waals surface area (Å²) < 4.78 is 0. The van der Waals surface area contributed by atoms with E-state index in [2.05, 4.69) is 103 Å². The summed E-state index contributed by atoms with van der Waals surface area (Å²) in [5.74, 6) is -5.34. The van der Waals surface area contributed by atoms with Crippen molar-refractivity contribution in [1.29, 1.82) is 0 Å². The first-order valence-electron chi connectivity index (χ1n) is 27.4. The lowest BCUT2D eigenvalue weighted by molar-refractivity contribution is -0.133. The van der Waals surface area contributed by atoms with Crippen LogP contribution < -0.4 is 4.90 Å². The van der Waals surface area contributed by atoms with Crippen LogP contribution in [0.2, 0.25) is 0 Å². The Bertz CT molecular complexity index is 4240. The number of carboxylic acid groups (broad SMARTS) is 4. The van der Waals surface area contributed by atoms with Crippen LogP contribution in [0.1, 0.15) is 72.3 Å². The van der Waals surface area contributed by atoms with Crippen molar-refractivity contribution in [1.82, 2.24) is 0 Å². The monoisotopic (exact) mass is 1160 g/mol. The van der Waals surface area contributed by atoms with Gasteiger partial charge in [-0.2, -0.15) is 0 Å². The van der Waals surface area contributed by atoms with Crippen LogP contribution in [0.15, 0.2) is 241 Å². The molecule has 0 heterocycles. The maximum atomic E-state index is 11.7. The molecule has 0 saturated carbocycles. The smallest absolute Gasteiger partial charge is 0.333 e. The number of aliphatic carboxylic acids is 4. The molecule has 0 saturated heterocycles. The predicted molar refractivity (Wildman–Crippen MR) is 349 cm³/mol. The van der Waals surface area contributed by atoms with Crippen molar-refractivity contribution in [2.75, 3.05) is 4.90 Å². The number of hydrogen-bond donors (Lipinski definition) is 4. The Morgan fingerprint density at radius 1 is 0.292 bits per heavy atom. The lowest BCUT2D eigenvalue weighted by Gasteiger charge is -2.26. The lowest BCUT2D eigenvalue weighted by atomic mass is 9.94. The molecule has 13 heteroatoms. The van der Waals surface area contributed by atoms with Gasteiger partial charge in [-0.25, -0.2) is 19.4 Å². The first-order chi connectivity index (χ1) is 43.2. The Balaban J connectivity index is 1.06. The third-order valence-corrected chi connectivity index (χ3v) is 14.6. The zero-order valence-electron chi connectivity index (χ0n) is 47.0. The first kappa shape index (κ1) is 59.0. The highest BCUT2D eigenvalue weighted by Crippen LogP contribution is 2.45. The van der Waals surface area contributed by atoms with Gasteiger partial charge in [0.25, 0.3) is 22.8 Å². The van der Waals surface area contributed by atoms with Crippen LogP contribution in [-0.4, -0.2) is 44.3 Å². The van der Waals surface area contributed by atoms with Gasteiger partial charge >= 0.3 is 23.9 Å².